The lowest BCUT2D eigenvalue weighted by atomic mass is 9.90. The van der Waals surface area contributed by atoms with Gasteiger partial charge < -0.3 is 10.6 Å². The Kier molecular flexibility index (Phi) is 5.35. The molecule has 0 aliphatic carbocycles. The number of hydrogen-bond acceptors (Lipinski definition) is 6. The van der Waals surface area contributed by atoms with E-state index in [9.17, 15) is 9.59 Å². The first-order chi connectivity index (χ1) is 14.4. The van der Waals surface area contributed by atoms with Crippen LogP contribution in [0.25, 0.3) is 5.82 Å². The van der Waals surface area contributed by atoms with E-state index < -0.39 is 11.7 Å². The molecule has 0 radical (unpaired) electrons. The number of amides is 1. The van der Waals surface area contributed by atoms with Crippen molar-refractivity contribution < 1.29 is 9.59 Å². The Morgan fingerprint density at radius 1 is 1.30 bits per heavy atom. The number of nitrogens with two attached hydrogens (primary N) is 1. The summed E-state index contributed by atoms with van der Waals surface area (Å²) in [6.45, 7) is 4.48. The van der Waals surface area contributed by atoms with E-state index in [1.165, 1.54) is 0 Å². The molecule has 4 heterocycles. The lowest BCUT2D eigenvalue weighted by Crippen LogP contribution is -2.45. The fourth-order valence-electron chi connectivity index (χ4n) is 3.90. The Balaban J connectivity index is 1.54. The number of aromatic amines is 1. The normalized spacial score (nSPS) is 19.1. The van der Waals surface area contributed by atoms with Gasteiger partial charge in [-0.2, -0.15) is 10.2 Å². The molecule has 4 rings (SSSR count). The zero-order chi connectivity index (χ0) is 21.3. The van der Waals surface area contributed by atoms with Gasteiger partial charge in [-0.05, 0) is 36.8 Å². The van der Waals surface area contributed by atoms with Gasteiger partial charge in [-0.1, -0.05) is 13.0 Å². The highest BCUT2D eigenvalue weighted by molar-refractivity contribution is 6.36. The van der Waals surface area contributed by atoms with Crippen LogP contribution in [0.5, 0.6) is 0 Å². The van der Waals surface area contributed by atoms with E-state index >= 15 is 0 Å². The molecule has 30 heavy (non-hydrogen) atoms. The first-order valence-electron chi connectivity index (χ1n) is 10.0. The van der Waals surface area contributed by atoms with Crippen molar-refractivity contribution in [3.05, 3.63) is 53.6 Å². The van der Waals surface area contributed by atoms with Crippen LogP contribution in [0.3, 0.4) is 0 Å². The third-order valence-electron chi connectivity index (χ3n) is 5.58. The summed E-state index contributed by atoms with van der Waals surface area (Å²) in [5, 5.41) is 11.2. The van der Waals surface area contributed by atoms with Gasteiger partial charge in [-0.15, -0.1) is 0 Å². The Morgan fingerprint density at radius 2 is 2.13 bits per heavy atom. The van der Waals surface area contributed by atoms with Gasteiger partial charge in [-0.3, -0.25) is 14.7 Å². The van der Waals surface area contributed by atoms with Crippen molar-refractivity contribution in [1.29, 1.82) is 0 Å². The van der Waals surface area contributed by atoms with E-state index in [-0.39, 0.29) is 12.5 Å². The lowest BCUT2D eigenvalue weighted by molar-refractivity contribution is -0.147. The summed E-state index contributed by atoms with van der Waals surface area (Å²) in [5.41, 5.74) is 8.13. The predicted molar refractivity (Wildman–Crippen MR) is 111 cm³/mol. The van der Waals surface area contributed by atoms with Crippen molar-refractivity contribution in [2.45, 2.75) is 39.2 Å². The summed E-state index contributed by atoms with van der Waals surface area (Å²) in [5.74, 6) is 0.597. The van der Waals surface area contributed by atoms with Crippen LogP contribution in [0.1, 0.15) is 42.5 Å². The van der Waals surface area contributed by atoms with Crippen molar-refractivity contribution in [1.82, 2.24) is 29.9 Å². The first-order valence-corrected chi connectivity index (χ1v) is 10.0. The number of piperidine rings is 1. The minimum absolute atomic E-state index is 0.0119. The Bertz CT molecular complexity index is 1060. The Hall–Kier alpha value is -3.49. The van der Waals surface area contributed by atoms with Crippen LogP contribution in [-0.4, -0.2) is 48.1 Å². The number of rotatable bonds is 5. The molecule has 0 unspecified atom stereocenters. The largest absolute Gasteiger partial charge is 0.383 e. The highest BCUT2D eigenvalue weighted by Crippen LogP contribution is 2.33. The molecule has 2 atom stereocenters. The number of nitrogens with one attached hydrogen (secondary N) is 1. The summed E-state index contributed by atoms with van der Waals surface area (Å²) >= 11 is 0. The maximum Gasteiger partial charge on any atom is 0.290 e. The molecule has 1 amide bonds. The average Bonchev–Trinajstić information content (AvgIpc) is 3.42. The van der Waals surface area contributed by atoms with Gasteiger partial charge in [0.25, 0.3) is 5.91 Å². The zero-order valence-corrected chi connectivity index (χ0v) is 17.1. The highest BCUT2D eigenvalue weighted by atomic mass is 16.2. The van der Waals surface area contributed by atoms with Crippen molar-refractivity contribution in [3.63, 3.8) is 0 Å². The molecule has 3 aromatic heterocycles. The molecule has 0 bridgehead atoms. The predicted octanol–water partition coefficient (Wildman–Crippen LogP) is 1.99. The van der Waals surface area contributed by atoms with Crippen molar-refractivity contribution in [2.75, 3.05) is 12.3 Å². The number of hydrogen-bond donors (Lipinski definition) is 2. The van der Waals surface area contributed by atoms with Crippen LogP contribution >= 0.6 is 0 Å². The molecule has 3 N–H and O–H groups in total. The Morgan fingerprint density at radius 3 is 2.87 bits per heavy atom. The third-order valence-corrected chi connectivity index (χ3v) is 5.58. The van der Waals surface area contributed by atoms with E-state index in [0.717, 1.165) is 29.8 Å². The zero-order valence-electron chi connectivity index (χ0n) is 17.1. The molecule has 1 aliphatic heterocycles. The quantitative estimate of drug-likeness (QED) is 0.624. The molecule has 3 aromatic rings. The molecule has 9 nitrogen and oxygen atoms in total. The van der Waals surface area contributed by atoms with Gasteiger partial charge in [0.2, 0.25) is 5.78 Å². The van der Waals surface area contributed by atoms with E-state index in [0.29, 0.717) is 23.8 Å². The molecule has 0 saturated carbocycles. The lowest BCUT2D eigenvalue weighted by Gasteiger charge is -2.38. The standard InChI is InChI=1S/C21H25N7O2/c1-13-3-4-17(16-10-25-28(12-16)19-5-6-24-26-19)27(11-13)21(30)18(29)8-15-7-14(2)20(22)23-9-15/h5-7,9-10,12-13,17H,3-4,8,11H2,1-2H3,(H2,22,23)(H,24,26)/t13-,17+/m1/s1. The van der Waals surface area contributed by atoms with Crippen LogP contribution in [0.15, 0.2) is 36.9 Å². The second-order valence-corrected chi connectivity index (χ2v) is 7.96. The molecule has 9 heteroatoms. The maximum absolute atomic E-state index is 13.1. The number of nitrogens with zero attached hydrogens (tertiary/aromatic N) is 5. The number of H-pyrrole nitrogens is 1. The topological polar surface area (TPSA) is 123 Å². The molecule has 0 aromatic carbocycles. The van der Waals surface area contributed by atoms with E-state index in [4.69, 9.17) is 5.73 Å². The highest BCUT2D eigenvalue weighted by Gasteiger charge is 2.34. The number of nitrogen functional groups attached to an aromatic ring is 1. The minimum Gasteiger partial charge on any atom is -0.383 e. The van der Waals surface area contributed by atoms with Crippen LogP contribution in [-0.2, 0) is 16.0 Å². The van der Waals surface area contributed by atoms with Crippen molar-refractivity contribution in [2.24, 2.45) is 5.92 Å². The second kappa shape index (κ2) is 8.10. The van der Waals surface area contributed by atoms with Crippen LogP contribution < -0.4 is 5.73 Å². The maximum atomic E-state index is 13.1. The smallest absolute Gasteiger partial charge is 0.290 e. The molecular formula is C21H25N7O2. The third kappa shape index (κ3) is 3.96. The molecule has 1 saturated heterocycles. The van der Waals surface area contributed by atoms with Gasteiger partial charge in [-0.25, -0.2) is 9.67 Å². The molecule has 1 fully saturated rings. The average molecular weight is 407 g/mol. The number of aryl methyl sites for hydroxylation is 1. The van der Waals surface area contributed by atoms with Gasteiger partial charge in [0.15, 0.2) is 0 Å². The van der Waals surface area contributed by atoms with Crippen molar-refractivity contribution in [3.8, 4) is 5.82 Å². The fraction of sp³-hybridized carbons (Fsp3) is 0.381. The van der Waals surface area contributed by atoms with Crippen LogP contribution in [0, 0.1) is 12.8 Å². The second-order valence-electron chi connectivity index (χ2n) is 7.96. The van der Waals surface area contributed by atoms with E-state index in [1.807, 2.05) is 19.2 Å². The monoisotopic (exact) mass is 407 g/mol. The molecule has 156 valence electrons. The summed E-state index contributed by atoms with van der Waals surface area (Å²) < 4.78 is 1.69. The number of ketones is 1. The number of carbonyl (C=O) groups is 2. The first kappa shape index (κ1) is 19.8. The van der Waals surface area contributed by atoms with Gasteiger partial charge in [0.05, 0.1) is 18.4 Å². The number of anilines is 1. The fourth-order valence-corrected chi connectivity index (χ4v) is 3.90. The summed E-state index contributed by atoms with van der Waals surface area (Å²) in [6, 6.07) is 3.44. The molecular weight excluding hydrogens is 382 g/mol. The Labute approximate surface area is 174 Å². The number of pyridine rings is 1. The van der Waals surface area contributed by atoms with Gasteiger partial charge in [0.1, 0.15) is 11.6 Å². The van der Waals surface area contributed by atoms with Crippen LogP contribution in [0.4, 0.5) is 5.82 Å². The number of likely N-dealkylation sites (tertiary alicyclic amines) is 1. The van der Waals surface area contributed by atoms with Crippen LogP contribution in [0.2, 0.25) is 0 Å². The molecule has 0 spiro atoms. The minimum atomic E-state index is -0.463. The van der Waals surface area contributed by atoms with E-state index in [1.54, 1.807) is 34.2 Å². The number of aromatic nitrogens is 5. The van der Waals surface area contributed by atoms with E-state index in [2.05, 4.69) is 27.2 Å². The number of Topliss-reactive ketones (excluding diaryl/α,β-unsaturated/α-hetero) is 1. The van der Waals surface area contributed by atoms with Crippen molar-refractivity contribution >= 4 is 17.5 Å². The summed E-state index contributed by atoms with van der Waals surface area (Å²) in [4.78, 5) is 31.7. The molecule has 1 aliphatic rings. The number of carbonyl (C=O) groups excluding carboxylic acids is 2. The van der Waals surface area contributed by atoms with Gasteiger partial charge >= 0.3 is 0 Å². The summed E-state index contributed by atoms with van der Waals surface area (Å²) in [7, 11) is 0. The summed E-state index contributed by atoms with van der Waals surface area (Å²) in [6.07, 6.45) is 8.62. The SMILES string of the molecule is Cc1cc(CC(=O)C(=O)N2C[C@H](C)CC[C@H]2c2cnn(-c3ccn[nH]3)c2)cnc1N. The van der Waals surface area contributed by atoms with Gasteiger partial charge in [0, 0.05) is 37.0 Å².